The minimum Gasteiger partial charge on any atom is -0.423 e. The second kappa shape index (κ2) is 4.94. The summed E-state index contributed by atoms with van der Waals surface area (Å²) in [7, 11) is 0. The highest BCUT2D eigenvalue weighted by atomic mass is 16.6. The van der Waals surface area contributed by atoms with Crippen LogP contribution < -0.4 is 4.74 Å². The van der Waals surface area contributed by atoms with Gasteiger partial charge >= 0.3 is 5.97 Å². The van der Waals surface area contributed by atoms with Crippen LogP contribution in [0.1, 0.15) is 12.8 Å². The molecule has 1 heterocycles. The van der Waals surface area contributed by atoms with Gasteiger partial charge < -0.3 is 9.47 Å². The molecule has 1 fully saturated rings. The molecule has 1 aromatic rings. The number of hydrogen-bond donors (Lipinski definition) is 0. The summed E-state index contributed by atoms with van der Waals surface area (Å²) in [6.07, 6.45) is 1.81. The molecule has 0 saturated carbocycles. The zero-order valence-electron chi connectivity index (χ0n) is 9.02. The molecule has 1 aliphatic heterocycles. The number of ether oxygens (including phenoxy) is 2. The first-order valence-corrected chi connectivity index (χ1v) is 5.32. The Bertz CT molecular complexity index is 379. The van der Waals surface area contributed by atoms with E-state index in [2.05, 4.69) is 6.58 Å². The number of hydrogen-bond acceptors (Lipinski definition) is 3. The first-order chi connectivity index (χ1) is 7.75. The van der Waals surface area contributed by atoms with E-state index in [4.69, 9.17) is 9.47 Å². The SMILES string of the molecule is C=C(CCC1CO1)C(=O)Oc1ccccc1. The predicted molar refractivity (Wildman–Crippen MR) is 60.2 cm³/mol. The van der Waals surface area contributed by atoms with E-state index in [1.165, 1.54) is 0 Å². The topological polar surface area (TPSA) is 38.8 Å². The van der Waals surface area contributed by atoms with Crippen molar-refractivity contribution < 1.29 is 14.3 Å². The lowest BCUT2D eigenvalue weighted by molar-refractivity contribution is -0.130. The van der Waals surface area contributed by atoms with Crippen LogP contribution in [0.15, 0.2) is 42.5 Å². The molecule has 0 aromatic heterocycles. The Labute approximate surface area is 94.7 Å². The molecular formula is C13H14O3. The summed E-state index contributed by atoms with van der Waals surface area (Å²) in [5.74, 6) is 0.197. The lowest BCUT2D eigenvalue weighted by atomic mass is 10.1. The van der Waals surface area contributed by atoms with Gasteiger partial charge in [0, 0.05) is 5.57 Å². The van der Waals surface area contributed by atoms with Crippen LogP contribution in [0.3, 0.4) is 0 Å². The van der Waals surface area contributed by atoms with E-state index in [0.717, 1.165) is 13.0 Å². The van der Waals surface area contributed by atoms with Gasteiger partial charge in [0.25, 0.3) is 0 Å². The summed E-state index contributed by atoms with van der Waals surface area (Å²) in [4.78, 5) is 11.6. The predicted octanol–water partition coefficient (Wildman–Crippen LogP) is 2.33. The third-order valence-corrected chi connectivity index (χ3v) is 2.41. The minimum absolute atomic E-state index is 0.321. The van der Waals surface area contributed by atoms with Gasteiger partial charge in [0.1, 0.15) is 5.75 Å². The second-order valence-corrected chi connectivity index (χ2v) is 3.80. The average Bonchev–Trinajstić information content (AvgIpc) is 3.11. The zero-order chi connectivity index (χ0) is 11.4. The second-order valence-electron chi connectivity index (χ2n) is 3.80. The van der Waals surface area contributed by atoms with Gasteiger partial charge in [-0.15, -0.1) is 0 Å². The smallest absolute Gasteiger partial charge is 0.338 e. The lowest BCUT2D eigenvalue weighted by Gasteiger charge is -2.05. The quantitative estimate of drug-likeness (QED) is 0.329. The lowest BCUT2D eigenvalue weighted by Crippen LogP contribution is -2.10. The molecule has 1 saturated heterocycles. The van der Waals surface area contributed by atoms with Crippen LogP contribution >= 0.6 is 0 Å². The molecule has 0 spiro atoms. The van der Waals surface area contributed by atoms with Crippen molar-refractivity contribution in [3.8, 4) is 5.75 Å². The molecule has 1 aromatic carbocycles. The van der Waals surface area contributed by atoms with E-state index >= 15 is 0 Å². The molecule has 84 valence electrons. The van der Waals surface area contributed by atoms with Crippen LogP contribution in [0.5, 0.6) is 5.75 Å². The highest BCUT2D eigenvalue weighted by Gasteiger charge is 2.23. The summed E-state index contributed by atoms with van der Waals surface area (Å²) in [6, 6.07) is 9.01. The van der Waals surface area contributed by atoms with Crippen LogP contribution in [-0.4, -0.2) is 18.7 Å². The van der Waals surface area contributed by atoms with Crippen molar-refractivity contribution in [1.29, 1.82) is 0 Å². The van der Waals surface area contributed by atoms with Gasteiger partial charge in [0.05, 0.1) is 12.7 Å². The third-order valence-electron chi connectivity index (χ3n) is 2.41. The van der Waals surface area contributed by atoms with Crippen molar-refractivity contribution in [2.75, 3.05) is 6.61 Å². The van der Waals surface area contributed by atoms with Crippen molar-refractivity contribution in [1.82, 2.24) is 0 Å². The van der Waals surface area contributed by atoms with E-state index in [-0.39, 0.29) is 5.97 Å². The number of epoxide rings is 1. The van der Waals surface area contributed by atoms with Gasteiger partial charge in [-0.05, 0) is 25.0 Å². The largest absolute Gasteiger partial charge is 0.423 e. The minimum atomic E-state index is -0.355. The van der Waals surface area contributed by atoms with Crippen molar-refractivity contribution >= 4 is 5.97 Å². The molecule has 1 atom stereocenters. The molecular weight excluding hydrogens is 204 g/mol. The Kier molecular flexibility index (Phi) is 3.37. The van der Waals surface area contributed by atoms with E-state index in [0.29, 0.717) is 23.8 Å². The maximum atomic E-state index is 11.6. The summed E-state index contributed by atoms with van der Waals surface area (Å²) in [6.45, 7) is 4.53. The first kappa shape index (κ1) is 10.9. The number of benzene rings is 1. The van der Waals surface area contributed by atoms with E-state index in [1.54, 1.807) is 12.1 Å². The monoisotopic (exact) mass is 218 g/mol. The van der Waals surface area contributed by atoms with Gasteiger partial charge in [-0.3, -0.25) is 0 Å². The van der Waals surface area contributed by atoms with Crippen molar-refractivity contribution in [2.24, 2.45) is 0 Å². The Balaban J connectivity index is 1.80. The fourth-order valence-electron chi connectivity index (χ4n) is 1.34. The fourth-order valence-corrected chi connectivity index (χ4v) is 1.34. The van der Waals surface area contributed by atoms with Crippen molar-refractivity contribution in [2.45, 2.75) is 18.9 Å². The van der Waals surface area contributed by atoms with Crippen LogP contribution in [-0.2, 0) is 9.53 Å². The molecule has 3 nitrogen and oxygen atoms in total. The third kappa shape index (κ3) is 3.21. The maximum Gasteiger partial charge on any atom is 0.338 e. The van der Waals surface area contributed by atoms with Crippen LogP contribution in [0.25, 0.3) is 0 Å². The fraction of sp³-hybridized carbons (Fsp3) is 0.308. The molecule has 1 aliphatic rings. The number of rotatable bonds is 5. The van der Waals surface area contributed by atoms with E-state index in [1.807, 2.05) is 18.2 Å². The summed E-state index contributed by atoms with van der Waals surface area (Å²) in [5, 5.41) is 0. The Morgan fingerprint density at radius 1 is 1.44 bits per heavy atom. The normalized spacial score (nSPS) is 17.9. The molecule has 2 rings (SSSR count). The van der Waals surface area contributed by atoms with E-state index in [9.17, 15) is 4.79 Å². The number of para-hydroxylation sites is 1. The van der Waals surface area contributed by atoms with Gasteiger partial charge in [-0.25, -0.2) is 4.79 Å². The Hall–Kier alpha value is -1.61. The Morgan fingerprint density at radius 2 is 2.12 bits per heavy atom. The van der Waals surface area contributed by atoms with Crippen molar-refractivity contribution in [3.63, 3.8) is 0 Å². The van der Waals surface area contributed by atoms with Crippen LogP contribution in [0.4, 0.5) is 0 Å². The van der Waals surface area contributed by atoms with E-state index < -0.39 is 0 Å². The average molecular weight is 218 g/mol. The van der Waals surface area contributed by atoms with Crippen LogP contribution in [0.2, 0.25) is 0 Å². The van der Waals surface area contributed by atoms with Gasteiger partial charge in [0.2, 0.25) is 0 Å². The maximum absolute atomic E-state index is 11.6. The summed E-state index contributed by atoms with van der Waals surface area (Å²) >= 11 is 0. The first-order valence-electron chi connectivity index (χ1n) is 5.32. The number of carbonyl (C=O) groups excluding carboxylic acids is 1. The Morgan fingerprint density at radius 3 is 2.75 bits per heavy atom. The molecule has 0 amide bonds. The molecule has 0 bridgehead atoms. The number of esters is 1. The van der Waals surface area contributed by atoms with Crippen LogP contribution in [0, 0.1) is 0 Å². The molecule has 0 aliphatic carbocycles. The zero-order valence-corrected chi connectivity index (χ0v) is 9.02. The molecule has 16 heavy (non-hydrogen) atoms. The van der Waals surface area contributed by atoms with Gasteiger partial charge in [-0.1, -0.05) is 24.8 Å². The van der Waals surface area contributed by atoms with Gasteiger partial charge in [0.15, 0.2) is 0 Å². The molecule has 3 heteroatoms. The molecule has 1 unspecified atom stereocenters. The molecule has 0 radical (unpaired) electrons. The summed E-state index contributed by atoms with van der Waals surface area (Å²) in [5.41, 5.74) is 0.499. The number of carbonyl (C=O) groups is 1. The van der Waals surface area contributed by atoms with Gasteiger partial charge in [-0.2, -0.15) is 0 Å². The highest BCUT2D eigenvalue weighted by Crippen LogP contribution is 2.19. The van der Waals surface area contributed by atoms with Crippen molar-refractivity contribution in [3.05, 3.63) is 42.5 Å². The molecule has 0 N–H and O–H groups in total. The highest BCUT2D eigenvalue weighted by molar-refractivity contribution is 5.89. The standard InChI is InChI=1S/C13H14O3/c1-10(7-8-12-9-15-12)13(14)16-11-5-3-2-4-6-11/h2-6,12H,1,7-9H2. The summed E-state index contributed by atoms with van der Waals surface area (Å²) < 4.78 is 10.2.